The average Bonchev–Trinajstić information content (AvgIpc) is 3.35. The standard InChI is InChI=1S/C17H21N5O2S/c23-17(14-3-1-10-24-14)22-8-6-21(7-9-22)11-13-12-25-16(20-13)15-18-4-2-5-19-15/h2,4-5,12,14H,1,3,6-11H2/t14-/m1/s1. The van der Waals surface area contributed by atoms with Crippen molar-refractivity contribution in [2.45, 2.75) is 25.5 Å². The van der Waals surface area contributed by atoms with E-state index in [0.29, 0.717) is 12.4 Å². The van der Waals surface area contributed by atoms with Gasteiger partial charge in [0.15, 0.2) is 10.8 Å². The van der Waals surface area contributed by atoms with Crippen molar-refractivity contribution in [1.82, 2.24) is 24.8 Å². The third kappa shape index (κ3) is 3.86. The van der Waals surface area contributed by atoms with Crippen molar-refractivity contribution >= 4 is 17.2 Å². The van der Waals surface area contributed by atoms with Crippen molar-refractivity contribution in [3.05, 3.63) is 29.5 Å². The average molecular weight is 359 g/mol. The minimum Gasteiger partial charge on any atom is -0.368 e. The fourth-order valence-electron chi connectivity index (χ4n) is 3.22. The molecule has 2 aliphatic heterocycles. The lowest BCUT2D eigenvalue weighted by atomic mass is 10.2. The normalized spacial score (nSPS) is 21.6. The van der Waals surface area contributed by atoms with E-state index in [9.17, 15) is 4.79 Å². The van der Waals surface area contributed by atoms with Gasteiger partial charge in [-0.3, -0.25) is 9.69 Å². The molecular weight excluding hydrogens is 338 g/mol. The van der Waals surface area contributed by atoms with Gasteiger partial charge in [0.2, 0.25) is 0 Å². The van der Waals surface area contributed by atoms with Gasteiger partial charge in [-0.05, 0) is 18.9 Å². The molecule has 2 aromatic heterocycles. The lowest BCUT2D eigenvalue weighted by molar-refractivity contribution is -0.142. The smallest absolute Gasteiger partial charge is 0.251 e. The van der Waals surface area contributed by atoms with Gasteiger partial charge in [-0.25, -0.2) is 15.0 Å². The SMILES string of the molecule is O=C([C@H]1CCCO1)N1CCN(Cc2csc(-c3ncccn3)n2)CC1. The number of nitrogens with zero attached hydrogens (tertiary/aromatic N) is 5. The summed E-state index contributed by atoms with van der Waals surface area (Å²) in [5.74, 6) is 0.833. The number of piperazine rings is 1. The molecule has 2 saturated heterocycles. The van der Waals surface area contributed by atoms with Crippen LogP contribution in [0.2, 0.25) is 0 Å². The number of aromatic nitrogens is 3. The van der Waals surface area contributed by atoms with Gasteiger partial charge in [-0.1, -0.05) is 0 Å². The second-order valence-corrected chi connectivity index (χ2v) is 7.18. The summed E-state index contributed by atoms with van der Waals surface area (Å²) in [5, 5.41) is 2.91. The maximum Gasteiger partial charge on any atom is 0.251 e. The van der Waals surface area contributed by atoms with Crippen LogP contribution in [0.15, 0.2) is 23.8 Å². The highest BCUT2D eigenvalue weighted by atomic mass is 32.1. The van der Waals surface area contributed by atoms with E-state index in [-0.39, 0.29) is 12.0 Å². The first-order valence-electron chi connectivity index (χ1n) is 8.64. The zero-order valence-corrected chi connectivity index (χ0v) is 14.8. The summed E-state index contributed by atoms with van der Waals surface area (Å²) >= 11 is 1.57. The monoisotopic (exact) mass is 359 g/mol. The molecule has 2 fully saturated rings. The number of hydrogen-bond acceptors (Lipinski definition) is 7. The molecule has 8 heteroatoms. The maximum atomic E-state index is 12.4. The van der Waals surface area contributed by atoms with Crippen LogP contribution in [0.3, 0.4) is 0 Å². The van der Waals surface area contributed by atoms with Crippen LogP contribution in [0.1, 0.15) is 18.5 Å². The molecule has 2 aliphatic rings. The molecule has 0 spiro atoms. The molecule has 25 heavy (non-hydrogen) atoms. The Morgan fingerprint density at radius 1 is 1.24 bits per heavy atom. The van der Waals surface area contributed by atoms with Crippen LogP contribution < -0.4 is 0 Å². The Hall–Kier alpha value is -1.90. The van der Waals surface area contributed by atoms with Crippen LogP contribution in [0.5, 0.6) is 0 Å². The van der Waals surface area contributed by atoms with Gasteiger partial charge in [-0.15, -0.1) is 11.3 Å². The number of amides is 1. The molecule has 0 N–H and O–H groups in total. The molecule has 1 atom stereocenters. The Morgan fingerprint density at radius 3 is 2.76 bits per heavy atom. The van der Waals surface area contributed by atoms with Crippen LogP contribution in [-0.4, -0.2) is 69.5 Å². The van der Waals surface area contributed by atoms with Crippen molar-refractivity contribution in [1.29, 1.82) is 0 Å². The van der Waals surface area contributed by atoms with E-state index < -0.39 is 0 Å². The van der Waals surface area contributed by atoms with Gasteiger partial charge in [0.25, 0.3) is 5.91 Å². The summed E-state index contributed by atoms with van der Waals surface area (Å²) < 4.78 is 5.51. The lowest BCUT2D eigenvalue weighted by Crippen LogP contribution is -2.51. The number of hydrogen-bond donors (Lipinski definition) is 0. The predicted octanol–water partition coefficient (Wildman–Crippen LogP) is 1.42. The van der Waals surface area contributed by atoms with Gasteiger partial charge >= 0.3 is 0 Å². The minimum atomic E-state index is -0.210. The van der Waals surface area contributed by atoms with Crippen molar-refractivity contribution in [2.75, 3.05) is 32.8 Å². The number of carbonyl (C=O) groups excluding carboxylic acids is 1. The van der Waals surface area contributed by atoms with Crippen LogP contribution in [0, 0.1) is 0 Å². The third-order valence-electron chi connectivity index (χ3n) is 4.58. The summed E-state index contributed by atoms with van der Waals surface area (Å²) in [6.07, 6.45) is 5.11. The summed E-state index contributed by atoms with van der Waals surface area (Å²) in [4.78, 5) is 29.8. The molecule has 2 aromatic rings. The Bertz CT molecular complexity index is 709. The van der Waals surface area contributed by atoms with E-state index >= 15 is 0 Å². The molecule has 0 saturated carbocycles. The molecule has 7 nitrogen and oxygen atoms in total. The molecule has 0 unspecified atom stereocenters. The van der Waals surface area contributed by atoms with Gasteiger partial charge in [-0.2, -0.15) is 0 Å². The zero-order valence-electron chi connectivity index (χ0n) is 14.0. The van der Waals surface area contributed by atoms with Crippen molar-refractivity contribution in [3.63, 3.8) is 0 Å². The second-order valence-electron chi connectivity index (χ2n) is 6.32. The number of carbonyl (C=O) groups is 1. The first-order valence-corrected chi connectivity index (χ1v) is 9.52. The van der Waals surface area contributed by atoms with E-state index in [2.05, 4.69) is 25.2 Å². The number of rotatable bonds is 4. The number of thiazole rings is 1. The van der Waals surface area contributed by atoms with Crippen LogP contribution in [-0.2, 0) is 16.1 Å². The van der Waals surface area contributed by atoms with Crippen LogP contribution >= 0.6 is 11.3 Å². The van der Waals surface area contributed by atoms with Gasteiger partial charge in [0.05, 0.1) is 5.69 Å². The molecular formula is C17H21N5O2S. The summed E-state index contributed by atoms with van der Waals surface area (Å²) in [7, 11) is 0. The molecule has 0 aliphatic carbocycles. The summed E-state index contributed by atoms with van der Waals surface area (Å²) in [5.41, 5.74) is 1.03. The molecule has 132 valence electrons. The minimum absolute atomic E-state index is 0.161. The highest BCUT2D eigenvalue weighted by molar-refractivity contribution is 7.13. The largest absolute Gasteiger partial charge is 0.368 e. The van der Waals surface area contributed by atoms with E-state index in [1.54, 1.807) is 29.8 Å². The highest BCUT2D eigenvalue weighted by Crippen LogP contribution is 2.21. The van der Waals surface area contributed by atoms with Crippen LogP contribution in [0.25, 0.3) is 10.8 Å². The fraction of sp³-hybridized carbons (Fsp3) is 0.529. The van der Waals surface area contributed by atoms with E-state index in [1.807, 2.05) is 4.90 Å². The molecule has 0 aromatic carbocycles. The van der Waals surface area contributed by atoms with E-state index in [1.165, 1.54) is 0 Å². The van der Waals surface area contributed by atoms with Crippen molar-refractivity contribution < 1.29 is 9.53 Å². The predicted molar refractivity (Wildman–Crippen MR) is 94.0 cm³/mol. The van der Waals surface area contributed by atoms with Gasteiger partial charge in [0, 0.05) is 57.1 Å². The second kappa shape index (κ2) is 7.55. The molecule has 0 bridgehead atoms. The first kappa shape index (κ1) is 16.6. The van der Waals surface area contributed by atoms with Crippen LogP contribution in [0.4, 0.5) is 0 Å². The zero-order chi connectivity index (χ0) is 17.1. The maximum absolute atomic E-state index is 12.4. The molecule has 4 heterocycles. The van der Waals surface area contributed by atoms with Crippen molar-refractivity contribution in [2.24, 2.45) is 0 Å². The fourth-order valence-corrected chi connectivity index (χ4v) is 3.98. The molecule has 4 rings (SSSR count). The van der Waals surface area contributed by atoms with E-state index in [0.717, 1.165) is 56.3 Å². The quantitative estimate of drug-likeness (QED) is 0.822. The molecule has 0 radical (unpaired) electrons. The third-order valence-corrected chi connectivity index (χ3v) is 5.47. The van der Waals surface area contributed by atoms with Gasteiger partial charge in [0.1, 0.15) is 6.10 Å². The Morgan fingerprint density at radius 2 is 2.04 bits per heavy atom. The highest BCUT2D eigenvalue weighted by Gasteiger charge is 2.30. The summed E-state index contributed by atoms with van der Waals surface area (Å²) in [6, 6.07) is 1.80. The number of ether oxygens (including phenoxy) is 1. The Labute approximate surface area is 150 Å². The topological polar surface area (TPSA) is 71.5 Å². The Balaban J connectivity index is 1.30. The van der Waals surface area contributed by atoms with E-state index in [4.69, 9.17) is 4.74 Å². The lowest BCUT2D eigenvalue weighted by Gasteiger charge is -2.35. The van der Waals surface area contributed by atoms with Crippen molar-refractivity contribution in [3.8, 4) is 10.8 Å². The Kier molecular flexibility index (Phi) is 5.00. The first-order chi connectivity index (χ1) is 12.3. The molecule has 1 amide bonds. The summed E-state index contributed by atoms with van der Waals surface area (Å²) in [6.45, 7) is 4.77. The van der Waals surface area contributed by atoms with Gasteiger partial charge < -0.3 is 9.64 Å².